The molecule has 130 valence electrons. The summed E-state index contributed by atoms with van der Waals surface area (Å²) in [6.07, 6.45) is 5.73. The first-order valence-electron chi connectivity index (χ1n) is 8.42. The van der Waals surface area contributed by atoms with E-state index in [0.717, 1.165) is 12.0 Å². The number of halogens is 1. The zero-order valence-electron chi connectivity index (χ0n) is 13.6. The topological polar surface area (TPSA) is 94.0 Å². The molecule has 4 atom stereocenters. The number of hydrogen-bond donors (Lipinski definition) is 2. The molecule has 2 aliphatic carbocycles. The maximum atomic E-state index is 12.4. The molecule has 2 aliphatic rings. The van der Waals surface area contributed by atoms with Crippen LogP contribution < -0.4 is 11.1 Å². The summed E-state index contributed by atoms with van der Waals surface area (Å²) in [5, 5.41) is 7.57. The smallest absolute Gasteiger partial charge is 0.228 e. The largest absolute Gasteiger partial charge is 0.355 e. The van der Waals surface area contributed by atoms with Crippen molar-refractivity contribution in [2.45, 2.75) is 18.9 Å². The van der Waals surface area contributed by atoms with Gasteiger partial charge in [-0.1, -0.05) is 28.9 Å². The normalized spacial score (nSPS) is 27.0. The van der Waals surface area contributed by atoms with Gasteiger partial charge in [0.25, 0.3) is 0 Å². The highest BCUT2D eigenvalue weighted by Gasteiger charge is 2.46. The number of hydrogen-bond acceptors (Lipinski definition) is 5. The Morgan fingerprint density at radius 2 is 2.04 bits per heavy atom. The van der Waals surface area contributed by atoms with Gasteiger partial charge in [0.2, 0.25) is 17.6 Å². The summed E-state index contributed by atoms with van der Waals surface area (Å²) in [5.41, 5.74) is 7.00. The van der Waals surface area contributed by atoms with Gasteiger partial charge in [0.05, 0.1) is 5.92 Å². The first-order valence-corrected chi connectivity index (χ1v) is 8.80. The molecular weight excluding hydrogens is 340 g/mol. The molecule has 25 heavy (non-hydrogen) atoms. The summed E-state index contributed by atoms with van der Waals surface area (Å²) in [5.74, 6) is 1.52. The van der Waals surface area contributed by atoms with Crippen LogP contribution in [0.2, 0.25) is 5.02 Å². The lowest BCUT2D eigenvalue weighted by atomic mass is 9.89. The van der Waals surface area contributed by atoms with Crippen molar-refractivity contribution in [2.24, 2.45) is 23.5 Å². The zero-order chi connectivity index (χ0) is 17.4. The molecule has 0 saturated heterocycles. The van der Waals surface area contributed by atoms with Crippen molar-refractivity contribution >= 4 is 17.5 Å². The van der Waals surface area contributed by atoms with Crippen molar-refractivity contribution in [3.05, 3.63) is 47.3 Å². The number of aromatic nitrogens is 2. The second kappa shape index (κ2) is 6.61. The standard InChI is InChI=1S/C18H19ClN4O2/c19-13-5-3-10(4-6-13)17-22-14(25-23-17)7-8-21-18(24)15-11-1-2-12(9-11)16(15)20/h1-6,11-12,15-16H,7-9,20H2,(H,21,24)/t11-,12+,15-,16+/m1/s1. The van der Waals surface area contributed by atoms with E-state index in [2.05, 4.69) is 27.6 Å². The lowest BCUT2D eigenvalue weighted by Gasteiger charge is -2.23. The molecule has 3 N–H and O–H groups in total. The Bertz CT molecular complexity index is 802. The summed E-state index contributed by atoms with van der Waals surface area (Å²) in [7, 11) is 0. The summed E-state index contributed by atoms with van der Waals surface area (Å²) in [6.45, 7) is 0.450. The lowest BCUT2D eigenvalue weighted by molar-refractivity contribution is -0.126. The molecule has 7 heteroatoms. The predicted octanol–water partition coefficient (Wildman–Crippen LogP) is 2.20. The average molecular weight is 359 g/mol. The van der Waals surface area contributed by atoms with Crippen LogP contribution in [0.3, 0.4) is 0 Å². The summed E-state index contributed by atoms with van der Waals surface area (Å²) >= 11 is 5.87. The van der Waals surface area contributed by atoms with E-state index in [-0.39, 0.29) is 23.8 Å². The second-order valence-electron chi connectivity index (χ2n) is 6.61. The van der Waals surface area contributed by atoms with E-state index in [4.69, 9.17) is 21.9 Å². The van der Waals surface area contributed by atoms with Crippen molar-refractivity contribution in [2.75, 3.05) is 6.54 Å². The molecule has 0 spiro atoms. The predicted molar refractivity (Wildman–Crippen MR) is 93.7 cm³/mol. The van der Waals surface area contributed by atoms with E-state index >= 15 is 0 Å². The molecule has 1 aromatic carbocycles. The van der Waals surface area contributed by atoms with Crippen LogP contribution in [-0.4, -0.2) is 28.6 Å². The number of nitrogens with two attached hydrogens (primary N) is 1. The van der Waals surface area contributed by atoms with Crippen LogP contribution in [0.4, 0.5) is 0 Å². The Hall–Kier alpha value is -2.18. The minimum atomic E-state index is -0.123. The molecule has 1 aromatic heterocycles. The van der Waals surface area contributed by atoms with E-state index < -0.39 is 0 Å². The van der Waals surface area contributed by atoms with Gasteiger partial charge < -0.3 is 15.6 Å². The van der Waals surface area contributed by atoms with E-state index in [1.54, 1.807) is 12.1 Å². The molecule has 4 rings (SSSR count). The first-order chi connectivity index (χ1) is 12.1. The number of nitrogens with one attached hydrogen (secondary N) is 1. The summed E-state index contributed by atoms with van der Waals surface area (Å²) < 4.78 is 5.25. The summed E-state index contributed by atoms with van der Waals surface area (Å²) in [4.78, 5) is 16.7. The van der Waals surface area contributed by atoms with Crippen LogP contribution in [-0.2, 0) is 11.2 Å². The van der Waals surface area contributed by atoms with E-state index in [1.165, 1.54) is 0 Å². The van der Waals surface area contributed by atoms with E-state index in [1.807, 2.05) is 12.1 Å². The quantitative estimate of drug-likeness (QED) is 0.799. The van der Waals surface area contributed by atoms with Crippen LogP contribution in [0.15, 0.2) is 40.9 Å². The third-order valence-corrected chi connectivity index (χ3v) is 5.28. The molecular formula is C18H19ClN4O2. The second-order valence-corrected chi connectivity index (χ2v) is 7.05. The monoisotopic (exact) mass is 358 g/mol. The van der Waals surface area contributed by atoms with Crippen molar-refractivity contribution < 1.29 is 9.32 Å². The maximum Gasteiger partial charge on any atom is 0.228 e. The molecule has 0 radical (unpaired) electrons. The fourth-order valence-corrected chi connectivity index (χ4v) is 3.84. The molecule has 6 nitrogen and oxygen atoms in total. The van der Waals surface area contributed by atoms with Gasteiger partial charge in [-0.2, -0.15) is 4.98 Å². The average Bonchev–Trinajstić information content (AvgIpc) is 3.31. The number of amides is 1. The fourth-order valence-electron chi connectivity index (χ4n) is 3.71. The first kappa shape index (κ1) is 16.3. The van der Waals surface area contributed by atoms with Crippen molar-refractivity contribution in [3.63, 3.8) is 0 Å². The van der Waals surface area contributed by atoms with Gasteiger partial charge in [-0.05, 0) is 42.5 Å². The number of rotatable bonds is 5. The molecule has 2 bridgehead atoms. The number of carbonyl (C=O) groups excluding carboxylic acids is 1. The Labute approximate surface area is 150 Å². The third-order valence-electron chi connectivity index (χ3n) is 5.03. The third kappa shape index (κ3) is 3.19. The molecule has 1 heterocycles. The number of carbonyl (C=O) groups is 1. The highest BCUT2D eigenvalue weighted by Crippen LogP contribution is 2.42. The Kier molecular flexibility index (Phi) is 4.31. The molecule has 0 aliphatic heterocycles. The van der Waals surface area contributed by atoms with Gasteiger partial charge in [0, 0.05) is 29.6 Å². The van der Waals surface area contributed by atoms with Gasteiger partial charge in [-0.25, -0.2) is 0 Å². The SMILES string of the molecule is N[C@@H]1[C@H](C(=O)NCCc2nc(-c3ccc(Cl)cc3)no2)[C@@H]2C=C[C@H]1C2. The molecule has 0 unspecified atom stereocenters. The minimum absolute atomic E-state index is 0.0155. The fraction of sp³-hybridized carbons (Fsp3) is 0.389. The highest BCUT2D eigenvalue weighted by molar-refractivity contribution is 6.30. The van der Waals surface area contributed by atoms with Crippen LogP contribution in [0.25, 0.3) is 11.4 Å². The van der Waals surface area contributed by atoms with Gasteiger partial charge in [-0.15, -0.1) is 0 Å². The van der Waals surface area contributed by atoms with Crippen LogP contribution in [0, 0.1) is 17.8 Å². The van der Waals surface area contributed by atoms with Crippen LogP contribution >= 0.6 is 11.6 Å². The number of fused-ring (bicyclic) bond motifs is 2. The highest BCUT2D eigenvalue weighted by atomic mass is 35.5. The molecule has 1 saturated carbocycles. The molecule has 1 fully saturated rings. The van der Waals surface area contributed by atoms with E-state index in [9.17, 15) is 4.79 Å². The summed E-state index contributed by atoms with van der Waals surface area (Å²) in [6, 6.07) is 7.15. The number of allylic oxidation sites excluding steroid dienone is 1. The Balaban J connectivity index is 1.31. The van der Waals surface area contributed by atoms with E-state index in [0.29, 0.717) is 35.6 Å². The minimum Gasteiger partial charge on any atom is -0.355 e. The number of benzene rings is 1. The van der Waals surface area contributed by atoms with Gasteiger partial charge >= 0.3 is 0 Å². The number of nitrogens with zero attached hydrogens (tertiary/aromatic N) is 2. The van der Waals surface area contributed by atoms with Crippen molar-refractivity contribution in [1.82, 2.24) is 15.5 Å². The lowest BCUT2D eigenvalue weighted by Crippen LogP contribution is -2.44. The van der Waals surface area contributed by atoms with Gasteiger partial charge in [-0.3, -0.25) is 4.79 Å². The van der Waals surface area contributed by atoms with Crippen molar-refractivity contribution in [1.29, 1.82) is 0 Å². The van der Waals surface area contributed by atoms with Gasteiger partial charge in [0.15, 0.2) is 0 Å². The molecule has 2 aromatic rings. The van der Waals surface area contributed by atoms with Crippen LogP contribution in [0.5, 0.6) is 0 Å². The maximum absolute atomic E-state index is 12.4. The zero-order valence-corrected chi connectivity index (χ0v) is 14.3. The van der Waals surface area contributed by atoms with Crippen molar-refractivity contribution in [3.8, 4) is 11.4 Å². The Morgan fingerprint density at radius 3 is 2.76 bits per heavy atom. The van der Waals surface area contributed by atoms with Crippen LogP contribution in [0.1, 0.15) is 12.3 Å². The van der Waals surface area contributed by atoms with Gasteiger partial charge in [0.1, 0.15) is 0 Å². The Morgan fingerprint density at radius 1 is 1.28 bits per heavy atom. The molecule has 1 amide bonds.